The standard InChI is InChI=1S/C30H35ClFN3O5S/c1-5-21(3)33-30(37)28(6-2)34(19-22-11-10-12-24(17-22)40-4)29(36)20-35(23-15-16-27(32)26(31)18-23)41(38,39)25-13-8-7-9-14-25/h7-18,21,28H,5-6,19-20H2,1-4H3,(H,33,37)/t21-,28-/m0/s1. The Hall–Kier alpha value is -3.63. The fourth-order valence-corrected chi connectivity index (χ4v) is 5.82. The molecule has 0 aliphatic heterocycles. The van der Waals surface area contributed by atoms with Gasteiger partial charge in [-0.1, -0.05) is 55.8 Å². The van der Waals surface area contributed by atoms with Gasteiger partial charge in [0.1, 0.15) is 24.2 Å². The highest BCUT2D eigenvalue weighted by molar-refractivity contribution is 7.92. The van der Waals surface area contributed by atoms with Crippen LogP contribution in [0.5, 0.6) is 5.75 Å². The van der Waals surface area contributed by atoms with Crippen LogP contribution in [0.1, 0.15) is 39.2 Å². The number of amides is 2. The molecule has 0 aliphatic rings. The largest absolute Gasteiger partial charge is 0.497 e. The third-order valence-corrected chi connectivity index (χ3v) is 8.75. The lowest BCUT2D eigenvalue weighted by Gasteiger charge is -2.33. The van der Waals surface area contributed by atoms with Gasteiger partial charge < -0.3 is 15.0 Å². The lowest BCUT2D eigenvalue weighted by atomic mass is 10.1. The van der Waals surface area contributed by atoms with Crippen molar-refractivity contribution in [1.29, 1.82) is 0 Å². The van der Waals surface area contributed by atoms with Crippen molar-refractivity contribution in [3.8, 4) is 5.75 Å². The van der Waals surface area contributed by atoms with Gasteiger partial charge in [-0.15, -0.1) is 0 Å². The third-order valence-electron chi connectivity index (χ3n) is 6.68. The Morgan fingerprint density at radius 2 is 1.71 bits per heavy atom. The summed E-state index contributed by atoms with van der Waals surface area (Å²) >= 11 is 6.01. The van der Waals surface area contributed by atoms with Crippen molar-refractivity contribution in [2.24, 2.45) is 0 Å². The molecule has 0 aliphatic carbocycles. The molecule has 3 aromatic rings. The van der Waals surface area contributed by atoms with E-state index in [-0.39, 0.29) is 40.5 Å². The summed E-state index contributed by atoms with van der Waals surface area (Å²) in [5, 5.41) is 2.64. The maximum atomic E-state index is 14.1. The summed E-state index contributed by atoms with van der Waals surface area (Å²) in [6.45, 7) is 4.95. The summed E-state index contributed by atoms with van der Waals surface area (Å²) in [4.78, 5) is 28.7. The second-order valence-electron chi connectivity index (χ2n) is 9.54. The Labute approximate surface area is 246 Å². The van der Waals surface area contributed by atoms with E-state index in [9.17, 15) is 22.4 Å². The van der Waals surface area contributed by atoms with Crippen LogP contribution in [0.4, 0.5) is 10.1 Å². The second-order valence-corrected chi connectivity index (χ2v) is 11.8. The van der Waals surface area contributed by atoms with Crippen molar-refractivity contribution < 1.29 is 27.1 Å². The van der Waals surface area contributed by atoms with E-state index in [1.165, 1.54) is 30.2 Å². The molecule has 0 radical (unpaired) electrons. The first-order valence-electron chi connectivity index (χ1n) is 13.3. The number of sulfonamides is 1. The first-order valence-corrected chi connectivity index (χ1v) is 15.1. The predicted molar refractivity (Wildman–Crippen MR) is 158 cm³/mol. The molecule has 11 heteroatoms. The number of methoxy groups -OCH3 is 1. The summed E-state index contributed by atoms with van der Waals surface area (Å²) < 4.78 is 47.8. The lowest BCUT2D eigenvalue weighted by molar-refractivity contribution is -0.140. The fourth-order valence-electron chi connectivity index (χ4n) is 4.22. The number of anilines is 1. The molecule has 8 nitrogen and oxygen atoms in total. The Bertz CT molecular complexity index is 1460. The highest BCUT2D eigenvalue weighted by Gasteiger charge is 2.34. The maximum absolute atomic E-state index is 14.1. The molecule has 0 aromatic heterocycles. The Morgan fingerprint density at radius 1 is 1.00 bits per heavy atom. The average molecular weight is 604 g/mol. The Morgan fingerprint density at radius 3 is 2.32 bits per heavy atom. The van der Waals surface area contributed by atoms with Crippen LogP contribution in [0.3, 0.4) is 0 Å². The number of nitrogens with one attached hydrogen (secondary N) is 1. The number of ether oxygens (including phenoxy) is 1. The van der Waals surface area contributed by atoms with Crippen molar-refractivity contribution in [2.75, 3.05) is 18.0 Å². The van der Waals surface area contributed by atoms with Crippen LogP contribution in [0.15, 0.2) is 77.7 Å². The lowest BCUT2D eigenvalue weighted by Crippen LogP contribution is -2.53. The van der Waals surface area contributed by atoms with E-state index >= 15 is 0 Å². The molecule has 0 saturated heterocycles. The minimum atomic E-state index is -4.29. The van der Waals surface area contributed by atoms with Gasteiger partial charge >= 0.3 is 0 Å². The van der Waals surface area contributed by atoms with Crippen molar-refractivity contribution in [3.05, 3.63) is 89.2 Å². The molecule has 0 bridgehead atoms. The van der Waals surface area contributed by atoms with Gasteiger partial charge in [-0.25, -0.2) is 12.8 Å². The summed E-state index contributed by atoms with van der Waals surface area (Å²) in [5.74, 6) is -1.13. The topological polar surface area (TPSA) is 96.0 Å². The molecule has 0 heterocycles. The monoisotopic (exact) mass is 603 g/mol. The number of nitrogens with zero attached hydrogens (tertiary/aromatic N) is 2. The minimum Gasteiger partial charge on any atom is -0.497 e. The zero-order valence-corrected chi connectivity index (χ0v) is 25.1. The van der Waals surface area contributed by atoms with Crippen LogP contribution in [0.2, 0.25) is 5.02 Å². The summed E-state index contributed by atoms with van der Waals surface area (Å²) in [7, 11) is -2.76. The summed E-state index contributed by atoms with van der Waals surface area (Å²) in [6, 6.07) is 17.1. The highest BCUT2D eigenvalue weighted by atomic mass is 35.5. The maximum Gasteiger partial charge on any atom is 0.264 e. The quantitative estimate of drug-likeness (QED) is 0.282. The SMILES string of the molecule is CC[C@H](C)NC(=O)[C@H](CC)N(Cc1cccc(OC)c1)C(=O)CN(c1ccc(F)c(Cl)c1)S(=O)(=O)c1ccccc1. The molecule has 41 heavy (non-hydrogen) atoms. The van der Waals surface area contributed by atoms with Gasteiger partial charge in [0.2, 0.25) is 11.8 Å². The number of rotatable bonds is 13. The van der Waals surface area contributed by atoms with Gasteiger partial charge in [0.15, 0.2) is 0 Å². The zero-order chi connectivity index (χ0) is 30.2. The van der Waals surface area contributed by atoms with Gasteiger partial charge in [0, 0.05) is 12.6 Å². The molecule has 1 N–H and O–H groups in total. The van der Waals surface area contributed by atoms with Gasteiger partial charge in [-0.05, 0) is 67.8 Å². The van der Waals surface area contributed by atoms with Crippen LogP contribution >= 0.6 is 11.6 Å². The molecule has 0 fully saturated rings. The van der Waals surface area contributed by atoms with E-state index in [4.69, 9.17) is 16.3 Å². The summed E-state index contributed by atoms with van der Waals surface area (Å²) in [6.07, 6.45) is 0.978. The molecule has 0 saturated carbocycles. The number of hydrogen-bond acceptors (Lipinski definition) is 5. The molecular weight excluding hydrogens is 569 g/mol. The molecule has 2 amide bonds. The van der Waals surface area contributed by atoms with Crippen LogP contribution in [0.25, 0.3) is 0 Å². The van der Waals surface area contributed by atoms with Crippen molar-refractivity contribution in [2.45, 2.75) is 57.1 Å². The third kappa shape index (κ3) is 7.98. The highest BCUT2D eigenvalue weighted by Crippen LogP contribution is 2.28. The average Bonchev–Trinajstić information content (AvgIpc) is 2.97. The van der Waals surface area contributed by atoms with Crippen LogP contribution in [0, 0.1) is 5.82 Å². The number of carbonyl (C=O) groups is 2. The first-order chi connectivity index (χ1) is 19.5. The normalized spacial score (nSPS) is 12.7. The predicted octanol–water partition coefficient (Wildman–Crippen LogP) is 5.41. The van der Waals surface area contributed by atoms with Crippen LogP contribution in [-0.2, 0) is 26.2 Å². The van der Waals surface area contributed by atoms with E-state index in [1.54, 1.807) is 49.4 Å². The van der Waals surface area contributed by atoms with Gasteiger partial charge in [0.25, 0.3) is 10.0 Å². The van der Waals surface area contributed by atoms with Crippen LogP contribution < -0.4 is 14.4 Å². The van der Waals surface area contributed by atoms with E-state index in [2.05, 4.69) is 5.32 Å². The molecular formula is C30H35ClFN3O5S. The van der Waals surface area contributed by atoms with Crippen LogP contribution in [-0.4, -0.2) is 50.9 Å². The Kier molecular flexibility index (Phi) is 11.1. The number of benzene rings is 3. The molecule has 2 atom stereocenters. The summed E-state index contributed by atoms with van der Waals surface area (Å²) in [5.41, 5.74) is 0.696. The van der Waals surface area contributed by atoms with E-state index in [0.717, 1.165) is 16.4 Å². The molecule has 0 unspecified atom stereocenters. The number of halogens is 2. The van der Waals surface area contributed by atoms with Gasteiger partial charge in [-0.2, -0.15) is 0 Å². The van der Waals surface area contributed by atoms with Crippen molar-refractivity contribution in [1.82, 2.24) is 10.2 Å². The first kappa shape index (κ1) is 31.9. The molecule has 220 valence electrons. The van der Waals surface area contributed by atoms with Gasteiger partial charge in [0.05, 0.1) is 22.7 Å². The zero-order valence-electron chi connectivity index (χ0n) is 23.5. The number of hydrogen-bond donors (Lipinski definition) is 1. The molecule has 0 spiro atoms. The Balaban J connectivity index is 2.08. The number of carbonyl (C=O) groups excluding carboxylic acids is 2. The van der Waals surface area contributed by atoms with E-state index in [0.29, 0.717) is 17.7 Å². The smallest absolute Gasteiger partial charge is 0.264 e. The minimum absolute atomic E-state index is 0.00652. The van der Waals surface area contributed by atoms with Gasteiger partial charge in [-0.3, -0.25) is 13.9 Å². The second kappa shape index (κ2) is 14.3. The van der Waals surface area contributed by atoms with Crippen molar-refractivity contribution >= 4 is 39.1 Å². The fraction of sp³-hybridized carbons (Fsp3) is 0.333. The van der Waals surface area contributed by atoms with Crippen molar-refractivity contribution in [3.63, 3.8) is 0 Å². The molecule has 3 aromatic carbocycles. The van der Waals surface area contributed by atoms with E-state index < -0.39 is 34.3 Å². The van der Waals surface area contributed by atoms with E-state index in [1.807, 2.05) is 13.8 Å². The molecule has 3 rings (SSSR count).